The summed E-state index contributed by atoms with van der Waals surface area (Å²) < 4.78 is 5.23. The summed E-state index contributed by atoms with van der Waals surface area (Å²) in [6, 6.07) is 0. The number of rotatable bonds is 0. The lowest BCUT2D eigenvalue weighted by Crippen LogP contribution is -1.92. The van der Waals surface area contributed by atoms with Crippen molar-refractivity contribution in [3.05, 3.63) is 10.7 Å². The Hall–Kier alpha value is -0.310. The first-order valence-electron chi connectivity index (χ1n) is 1.82. The minimum Gasteiger partial charge on any atom is -0.479 e. The third-order valence-electron chi connectivity index (χ3n) is 0.627. The van der Waals surface area contributed by atoms with Gasteiger partial charge in [0.2, 0.25) is 0 Å². The van der Waals surface area contributed by atoms with Crippen molar-refractivity contribution in [2.75, 3.05) is 6.61 Å². The second-order valence-corrected chi connectivity index (χ2v) is 1.99. The van der Waals surface area contributed by atoms with Crippen LogP contribution in [0.25, 0.3) is 0 Å². The Bertz CT molecular complexity index is 128. The minimum atomic E-state index is 0.0203. The van der Waals surface area contributed by atoms with Crippen LogP contribution in [0.1, 0.15) is 0 Å². The number of ketones is 1. The summed E-state index contributed by atoms with van der Waals surface area (Å²) in [7, 11) is 0. The van der Waals surface area contributed by atoms with Crippen LogP contribution in [-0.4, -0.2) is 12.4 Å². The van der Waals surface area contributed by atoms with Crippen LogP contribution in [0.3, 0.4) is 0 Å². The average Bonchev–Trinajstić information content (AvgIpc) is 1.87. The van der Waals surface area contributed by atoms with Gasteiger partial charge in [-0.25, -0.2) is 0 Å². The lowest BCUT2D eigenvalue weighted by molar-refractivity contribution is -0.115. The van der Waals surface area contributed by atoms with Crippen molar-refractivity contribution >= 4 is 21.7 Å². The summed E-state index contributed by atoms with van der Waals surface area (Å²) in [4.78, 5) is 10.2. The summed E-state index contributed by atoms with van der Waals surface area (Å²) in [6.07, 6.45) is 1.42. The standard InChI is InChI=1S/C4H3BrO2/c5-4-1-3(6)2-7-4/h1H,2H2. The van der Waals surface area contributed by atoms with Crippen LogP contribution in [0.5, 0.6) is 0 Å². The zero-order valence-corrected chi connectivity index (χ0v) is 5.06. The average molecular weight is 163 g/mol. The number of carbonyl (C=O) groups excluding carboxylic acids is 1. The highest BCUT2D eigenvalue weighted by molar-refractivity contribution is 9.11. The fourth-order valence-electron chi connectivity index (χ4n) is 0.350. The Balaban J connectivity index is 2.67. The van der Waals surface area contributed by atoms with Crippen LogP contribution in [0.15, 0.2) is 10.7 Å². The molecule has 0 saturated carbocycles. The first kappa shape index (κ1) is 4.84. The Morgan fingerprint density at radius 2 is 2.57 bits per heavy atom. The van der Waals surface area contributed by atoms with Crippen molar-refractivity contribution in [1.82, 2.24) is 0 Å². The molecule has 1 aliphatic rings. The molecule has 0 atom stereocenters. The predicted octanol–water partition coefficient (Wildman–Crippen LogP) is 0.822. The summed E-state index contributed by atoms with van der Waals surface area (Å²) in [5.74, 6) is 0.0203. The Kier molecular flexibility index (Phi) is 1.15. The molecule has 0 amide bonds. The SMILES string of the molecule is O=C1C=C(Br)OC1. The molecule has 0 radical (unpaired) electrons. The van der Waals surface area contributed by atoms with Crippen LogP contribution < -0.4 is 0 Å². The van der Waals surface area contributed by atoms with E-state index in [1.54, 1.807) is 0 Å². The van der Waals surface area contributed by atoms with E-state index in [1.807, 2.05) is 0 Å². The first-order chi connectivity index (χ1) is 3.29. The zero-order chi connectivity index (χ0) is 5.28. The molecule has 1 heterocycles. The Morgan fingerprint density at radius 1 is 1.86 bits per heavy atom. The molecular weight excluding hydrogens is 160 g/mol. The molecule has 2 nitrogen and oxygen atoms in total. The fraction of sp³-hybridized carbons (Fsp3) is 0.250. The summed E-state index contributed by atoms with van der Waals surface area (Å²) in [5.41, 5.74) is 0. The topological polar surface area (TPSA) is 26.3 Å². The quantitative estimate of drug-likeness (QED) is 0.528. The molecule has 0 N–H and O–H groups in total. The smallest absolute Gasteiger partial charge is 0.197 e. The maximum absolute atomic E-state index is 10.2. The van der Waals surface area contributed by atoms with E-state index in [2.05, 4.69) is 15.9 Å². The third-order valence-corrected chi connectivity index (χ3v) is 1.08. The van der Waals surface area contributed by atoms with Crippen molar-refractivity contribution in [2.45, 2.75) is 0 Å². The molecular formula is C4H3BrO2. The molecule has 0 aromatic carbocycles. The van der Waals surface area contributed by atoms with Gasteiger partial charge in [0.15, 0.2) is 17.1 Å². The minimum absolute atomic E-state index is 0.0203. The molecule has 0 saturated heterocycles. The lowest BCUT2D eigenvalue weighted by atomic mass is 10.5. The van der Waals surface area contributed by atoms with Gasteiger partial charge in [-0.05, 0) is 15.9 Å². The number of hydrogen-bond acceptors (Lipinski definition) is 2. The third kappa shape index (κ3) is 1.03. The van der Waals surface area contributed by atoms with Crippen LogP contribution >= 0.6 is 15.9 Å². The number of ether oxygens (including phenoxy) is 1. The van der Waals surface area contributed by atoms with Crippen molar-refractivity contribution < 1.29 is 9.53 Å². The highest BCUT2D eigenvalue weighted by atomic mass is 79.9. The normalized spacial score (nSPS) is 19.0. The van der Waals surface area contributed by atoms with E-state index in [0.29, 0.717) is 4.67 Å². The van der Waals surface area contributed by atoms with E-state index in [1.165, 1.54) is 6.08 Å². The van der Waals surface area contributed by atoms with Crippen molar-refractivity contribution in [1.29, 1.82) is 0 Å². The van der Waals surface area contributed by atoms with Gasteiger partial charge in [-0.15, -0.1) is 0 Å². The van der Waals surface area contributed by atoms with Gasteiger partial charge in [-0.3, -0.25) is 4.79 Å². The van der Waals surface area contributed by atoms with E-state index in [9.17, 15) is 4.79 Å². The molecule has 0 aromatic heterocycles. The van der Waals surface area contributed by atoms with Crippen LogP contribution in [-0.2, 0) is 9.53 Å². The maximum Gasteiger partial charge on any atom is 0.197 e. The van der Waals surface area contributed by atoms with Gasteiger partial charge >= 0.3 is 0 Å². The van der Waals surface area contributed by atoms with Gasteiger partial charge in [0.25, 0.3) is 0 Å². The van der Waals surface area contributed by atoms with Gasteiger partial charge in [0.1, 0.15) is 0 Å². The van der Waals surface area contributed by atoms with Crippen LogP contribution in [0.2, 0.25) is 0 Å². The first-order valence-corrected chi connectivity index (χ1v) is 2.61. The number of carbonyl (C=O) groups is 1. The second-order valence-electron chi connectivity index (χ2n) is 1.20. The van der Waals surface area contributed by atoms with Gasteiger partial charge in [-0.2, -0.15) is 0 Å². The van der Waals surface area contributed by atoms with E-state index >= 15 is 0 Å². The summed E-state index contributed by atoms with van der Waals surface area (Å²) >= 11 is 3.00. The van der Waals surface area contributed by atoms with E-state index < -0.39 is 0 Å². The zero-order valence-electron chi connectivity index (χ0n) is 3.48. The highest BCUT2D eigenvalue weighted by Crippen LogP contribution is 2.11. The largest absolute Gasteiger partial charge is 0.479 e. The van der Waals surface area contributed by atoms with Crippen LogP contribution in [0.4, 0.5) is 0 Å². The molecule has 1 rings (SSSR count). The molecule has 7 heavy (non-hydrogen) atoms. The monoisotopic (exact) mass is 162 g/mol. The van der Waals surface area contributed by atoms with Gasteiger partial charge in [0, 0.05) is 6.08 Å². The number of hydrogen-bond donors (Lipinski definition) is 0. The Labute approximate surface area is 49.3 Å². The van der Waals surface area contributed by atoms with Crippen molar-refractivity contribution in [3.63, 3.8) is 0 Å². The second kappa shape index (κ2) is 1.66. The molecule has 0 unspecified atom stereocenters. The van der Waals surface area contributed by atoms with E-state index in [-0.39, 0.29) is 12.4 Å². The van der Waals surface area contributed by atoms with Gasteiger partial charge in [-0.1, -0.05) is 0 Å². The van der Waals surface area contributed by atoms with Crippen molar-refractivity contribution in [2.24, 2.45) is 0 Å². The number of halogens is 1. The van der Waals surface area contributed by atoms with Gasteiger partial charge in [0.05, 0.1) is 0 Å². The molecule has 38 valence electrons. The molecule has 0 aromatic rings. The molecule has 0 spiro atoms. The predicted molar refractivity (Wildman–Crippen MR) is 28.0 cm³/mol. The fourth-order valence-corrected chi connectivity index (χ4v) is 0.720. The molecule has 0 bridgehead atoms. The van der Waals surface area contributed by atoms with E-state index in [4.69, 9.17) is 4.74 Å². The highest BCUT2D eigenvalue weighted by Gasteiger charge is 2.08. The van der Waals surface area contributed by atoms with Crippen molar-refractivity contribution in [3.8, 4) is 0 Å². The summed E-state index contributed by atoms with van der Waals surface area (Å²) in [5, 5.41) is 0. The molecule has 3 heteroatoms. The van der Waals surface area contributed by atoms with E-state index in [0.717, 1.165) is 0 Å². The lowest BCUT2D eigenvalue weighted by Gasteiger charge is -1.86. The van der Waals surface area contributed by atoms with Gasteiger partial charge < -0.3 is 4.74 Å². The summed E-state index contributed by atoms with van der Waals surface area (Å²) in [6.45, 7) is 0.195. The molecule has 0 aliphatic carbocycles. The molecule has 1 aliphatic heterocycles. The Morgan fingerprint density at radius 3 is 2.71 bits per heavy atom. The maximum atomic E-state index is 10.2. The molecule has 0 fully saturated rings. The van der Waals surface area contributed by atoms with Crippen LogP contribution in [0, 0.1) is 0 Å².